The van der Waals surface area contributed by atoms with Crippen molar-refractivity contribution in [2.75, 3.05) is 11.9 Å². The SMILES string of the molecule is Cc1cccc(C)c1NC(=O)COC(=O)[C@H](C(C)C)N1C(=O)[C@H]2[C@H]3CC[C@@H](C3)[C@@H]2C1=O. The maximum atomic E-state index is 13.1. The standard InChI is InChI=1S/C24H30N2O5/c1-12(2)21(26-22(28)18-15-8-9-16(10-15)19(18)23(26)29)24(30)31-11-17(27)25-20-13(3)6-5-7-14(20)4/h5-7,12,15-16,18-19,21H,8-11H2,1-4H3,(H,25,27)/t15-,16-,18-,19-,21-/m0/s1. The van der Waals surface area contributed by atoms with Crippen molar-refractivity contribution in [3.05, 3.63) is 29.3 Å². The van der Waals surface area contributed by atoms with Gasteiger partial charge >= 0.3 is 5.97 Å². The summed E-state index contributed by atoms with van der Waals surface area (Å²) in [4.78, 5) is 52.7. The molecule has 0 unspecified atom stereocenters. The fourth-order valence-corrected chi connectivity index (χ4v) is 5.79. The van der Waals surface area contributed by atoms with Gasteiger partial charge in [0.1, 0.15) is 6.04 Å². The summed E-state index contributed by atoms with van der Waals surface area (Å²) < 4.78 is 5.28. The normalized spacial score (nSPS) is 27.6. The van der Waals surface area contributed by atoms with E-state index in [1.54, 1.807) is 13.8 Å². The minimum Gasteiger partial charge on any atom is -0.454 e. The van der Waals surface area contributed by atoms with Crippen LogP contribution in [0.3, 0.4) is 0 Å². The van der Waals surface area contributed by atoms with Crippen LogP contribution in [0.15, 0.2) is 18.2 Å². The first-order chi connectivity index (χ1) is 14.7. The van der Waals surface area contributed by atoms with Crippen molar-refractivity contribution in [2.45, 2.75) is 53.0 Å². The zero-order valence-electron chi connectivity index (χ0n) is 18.5. The van der Waals surface area contributed by atoms with Crippen LogP contribution in [0.1, 0.15) is 44.2 Å². The molecule has 5 atom stereocenters. The quantitative estimate of drug-likeness (QED) is 0.558. The number of para-hydroxylation sites is 1. The van der Waals surface area contributed by atoms with Crippen molar-refractivity contribution >= 4 is 29.4 Å². The summed E-state index contributed by atoms with van der Waals surface area (Å²) in [5.74, 6) is -2.01. The van der Waals surface area contributed by atoms with Gasteiger partial charge in [-0.25, -0.2) is 4.79 Å². The Morgan fingerprint density at radius 1 is 1.06 bits per heavy atom. The van der Waals surface area contributed by atoms with Gasteiger partial charge in [-0.1, -0.05) is 32.0 Å². The molecule has 7 nitrogen and oxygen atoms in total. The molecule has 2 saturated carbocycles. The van der Waals surface area contributed by atoms with E-state index in [-0.39, 0.29) is 41.4 Å². The fourth-order valence-electron chi connectivity index (χ4n) is 5.79. The number of hydrogen-bond acceptors (Lipinski definition) is 5. The average Bonchev–Trinajstić information content (AvgIpc) is 3.39. The van der Waals surface area contributed by atoms with Gasteiger partial charge in [-0.2, -0.15) is 0 Å². The number of ether oxygens (including phenoxy) is 1. The maximum Gasteiger partial charge on any atom is 0.330 e. The fraction of sp³-hybridized carbons (Fsp3) is 0.583. The molecule has 3 fully saturated rings. The zero-order valence-corrected chi connectivity index (χ0v) is 18.5. The second-order valence-corrected chi connectivity index (χ2v) is 9.54. The summed E-state index contributed by atoms with van der Waals surface area (Å²) in [5, 5.41) is 2.78. The van der Waals surface area contributed by atoms with E-state index >= 15 is 0 Å². The van der Waals surface area contributed by atoms with Gasteiger partial charge in [-0.05, 0) is 62.0 Å². The predicted molar refractivity (Wildman–Crippen MR) is 114 cm³/mol. The smallest absolute Gasteiger partial charge is 0.330 e. The van der Waals surface area contributed by atoms with E-state index in [1.165, 1.54) is 0 Å². The number of esters is 1. The first-order valence-corrected chi connectivity index (χ1v) is 11.1. The minimum absolute atomic E-state index is 0.238. The van der Waals surface area contributed by atoms with Gasteiger partial charge in [-0.3, -0.25) is 19.3 Å². The highest BCUT2D eigenvalue weighted by molar-refractivity contribution is 6.08. The third-order valence-electron chi connectivity index (χ3n) is 7.20. The van der Waals surface area contributed by atoms with E-state index < -0.39 is 24.5 Å². The van der Waals surface area contributed by atoms with Gasteiger partial charge in [0.05, 0.1) is 11.8 Å². The van der Waals surface area contributed by atoms with E-state index in [1.807, 2.05) is 32.0 Å². The van der Waals surface area contributed by atoms with Crippen molar-refractivity contribution in [1.29, 1.82) is 0 Å². The van der Waals surface area contributed by atoms with Gasteiger partial charge in [-0.15, -0.1) is 0 Å². The molecule has 4 rings (SSSR count). The first-order valence-electron chi connectivity index (χ1n) is 11.1. The van der Waals surface area contributed by atoms with Crippen LogP contribution in [0.5, 0.6) is 0 Å². The van der Waals surface area contributed by atoms with E-state index in [4.69, 9.17) is 4.74 Å². The first kappa shape index (κ1) is 21.5. The van der Waals surface area contributed by atoms with Crippen LogP contribution in [0.2, 0.25) is 0 Å². The molecule has 1 aliphatic heterocycles. The van der Waals surface area contributed by atoms with E-state index in [0.29, 0.717) is 5.69 Å². The molecular formula is C24H30N2O5. The molecule has 1 heterocycles. The van der Waals surface area contributed by atoms with E-state index in [2.05, 4.69) is 5.32 Å². The third-order valence-corrected chi connectivity index (χ3v) is 7.20. The molecule has 2 aliphatic carbocycles. The summed E-state index contributed by atoms with van der Waals surface area (Å²) in [5.41, 5.74) is 2.51. The lowest BCUT2D eigenvalue weighted by molar-refractivity contribution is -0.162. The molecular weight excluding hydrogens is 396 g/mol. The van der Waals surface area contributed by atoms with Gasteiger partial charge in [0.2, 0.25) is 11.8 Å². The molecule has 1 N–H and O–H groups in total. The predicted octanol–water partition coefficient (Wildman–Crippen LogP) is 2.84. The number of nitrogens with one attached hydrogen (secondary N) is 1. The number of carbonyl (C=O) groups is 4. The molecule has 0 radical (unpaired) electrons. The maximum absolute atomic E-state index is 13.1. The van der Waals surface area contributed by atoms with Crippen molar-refractivity contribution in [2.24, 2.45) is 29.6 Å². The average molecular weight is 427 g/mol. The lowest BCUT2D eigenvalue weighted by atomic mass is 9.81. The number of imide groups is 1. The molecule has 166 valence electrons. The Labute approximate surface area is 182 Å². The van der Waals surface area contributed by atoms with Crippen LogP contribution in [-0.4, -0.2) is 41.2 Å². The van der Waals surface area contributed by atoms with Gasteiger partial charge in [0, 0.05) is 5.69 Å². The third kappa shape index (κ3) is 3.64. The number of anilines is 1. The van der Waals surface area contributed by atoms with Crippen LogP contribution < -0.4 is 5.32 Å². The highest BCUT2D eigenvalue weighted by Gasteiger charge is 2.62. The number of hydrogen-bond donors (Lipinski definition) is 1. The molecule has 3 aliphatic rings. The van der Waals surface area contributed by atoms with Crippen molar-refractivity contribution in [3.8, 4) is 0 Å². The number of likely N-dealkylation sites (tertiary alicyclic amines) is 1. The van der Waals surface area contributed by atoms with Crippen molar-refractivity contribution in [3.63, 3.8) is 0 Å². The molecule has 2 bridgehead atoms. The Balaban J connectivity index is 1.43. The van der Waals surface area contributed by atoms with E-state index in [9.17, 15) is 19.2 Å². The number of fused-ring (bicyclic) bond motifs is 5. The number of nitrogens with zero attached hydrogens (tertiary/aromatic N) is 1. The monoisotopic (exact) mass is 426 g/mol. The Morgan fingerprint density at radius 3 is 2.13 bits per heavy atom. The van der Waals surface area contributed by atoms with Crippen LogP contribution in [0, 0.1) is 43.4 Å². The van der Waals surface area contributed by atoms with Crippen LogP contribution in [0.4, 0.5) is 5.69 Å². The molecule has 1 saturated heterocycles. The van der Waals surface area contributed by atoms with Crippen LogP contribution in [0.25, 0.3) is 0 Å². The van der Waals surface area contributed by atoms with Gasteiger partial charge in [0.25, 0.3) is 5.91 Å². The van der Waals surface area contributed by atoms with Gasteiger partial charge in [0.15, 0.2) is 6.61 Å². The molecule has 1 aromatic rings. The zero-order chi connectivity index (χ0) is 22.4. The highest BCUT2D eigenvalue weighted by atomic mass is 16.5. The Kier molecular flexibility index (Phi) is 5.62. The second kappa shape index (κ2) is 8.09. The van der Waals surface area contributed by atoms with Crippen molar-refractivity contribution < 1.29 is 23.9 Å². The summed E-state index contributed by atoms with van der Waals surface area (Å²) in [6, 6.07) is 4.67. The molecule has 31 heavy (non-hydrogen) atoms. The highest BCUT2D eigenvalue weighted by Crippen LogP contribution is 2.56. The number of amides is 3. The summed E-state index contributed by atoms with van der Waals surface area (Å²) in [7, 11) is 0. The summed E-state index contributed by atoms with van der Waals surface area (Å²) >= 11 is 0. The Hall–Kier alpha value is -2.70. The lowest BCUT2D eigenvalue weighted by Gasteiger charge is -2.28. The lowest BCUT2D eigenvalue weighted by Crippen LogP contribution is -2.50. The van der Waals surface area contributed by atoms with Crippen molar-refractivity contribution in [1.82, 2.24) is 4.90 Å². The molecule has 3 amide bonds. The Morgan fingerprint density at radius 2 is 1.61 bits per heavy atom. The Bertz CT molecular complexity index is 892. The van der Waals surface area contributed by atoms with E-state index in [0.717, 1.165) is 35.3 Å². The minimum atomic E-state index is -1.00. The summed E-state index contributed by atoms with van der Waals surface area (Å²) in [6.07, 6.45) is 2.90. The number of carbonyl (C=O) groups excluding carboxylic acids is 4. The van der Waals surface area contributed by atoms with Crippen LogP contribution >= 0.6 is 0 Å². The van der Waals surface area contributed by atoms with Gasteiger partial charge < -0.3 is 10.1 Å². The molecule has 0 aromatic heterocycles. The summed E-state index contributed by atoms with van der Waals surface area (Å²) in [6.45, 7) is 6.87. The number of benzene rings is 1. The van der Waals surface area contributed by atoms with Crippen LogP contribution in [-0.2, 0) is 23.9 Å². The molecule has 0 spiro atoms. The number of rotatable bonds is 6. The number of aryl methyl sites for hydroxylation is 2. The molecule has 1 aromatic carbocycles. The second-order valence-electron chi connectivity index (χ2n) is 9.54. The largest absolute Gasteiger partial charge is 0.454 e. The topological polar surface area (TPSA) is 92.8 Å². The molecule has 7 heteroatoms.